The number of benzene rings is 2. The molecule has 2 aromatic rings. The first kappa shape index (κ1) is 13.6. The summed E-state index contributed by atoms with van der Waals surface area (Å²) >= 11 is 3.36. The van der Waals surface area contributed by atoms with E-state index < -0.39 is 0 Å². The highest BCUT2D eigenvalue weighted by atomic mass is 79.9. The first-order valence-corrected chi connectivity index (χ1v) is 6.52. The molecule has 0 saturated carbocycles. The molecule has 0 aliphatic heterocycles. The van der Waals surface area contributed by atoms with E-state index in [2.05, 4.69) is 15.9 Å². The molecule has 3 nitrogen and oxygen atoms in total. The van der Waals surface area contributed by atoms with Gasteiger partial charge in [-0.25, -0.2) is 0 Å². The molecule has 0 aliphatic rings. The smallest absolute Gasteiger partial charge is 0.160 e. The van der Waals surface area contributed by atoms with E-state index in [1.165, 1.54) is 6.92 Å². The number of Topliss-reactive ketones (excluding diaryl/α,β-unsaturated/α-hetero) is 1. The minimum absolute atomic E-state index is 0.0137. The van der Waals surface area contributed by atoms with Crippen LogP contribution in [0.4, 0.5) is 0 Å². The third-order valence-electron chi connectivity index (χ3n) is 2.60. The van der Waals surface area contributed by atoms with Crippen LogP contribution in [0.5, 0.6) is 17.2 Å². The third kappa shape index (κ3) is 3.35. The SMILES string of the molecule is COc1cccc(Oc2ccc(C(C)=O)c(Br)c2)c1. The van der Waals surface area contributed by atoms with E-state index in [-0.39, 0.29) is 5.78 Å². The summed E-state index contributed by atoms with van der Waals surface area (Å²) in [5, 5.41) is 0. The summed E-state index contributed by atoms with van der Waals surface area (Å²) < 4.78 is 11.6. The average Bonchev–Trinajstić information content (AvgIpc) is 2.38. The first-order valence-electron chi connectivity index (χ1n) is 5.72. The van der Waals surface area contributed by atoms with Gasteiger partial charge in [-0.2, -0.15) is 0 Å². The Morgan fingerprint density at radius 2 is 1.74 bits per heavy atom. The summed E-state index contributed by atoms with van der Waals surface area (Å²) in [7, 11) is 1.61. The van der Waals surface area contributed by atoms with Crippen LogP contribution in [-0.4, -0.2) is 12.9 Å². The van der Waals surface area contributed by atoms with Gasteiger partial charge in [-0.3, -0.25) is 4.79 Å². The second-order valence-corrected chi connectivity index (χ2v) is 4.83. The molecule has 0 bridgehead atoms. The summed E-state index contributed by atoms with van der Waals surface area (Å²) in [5.74, 6) is 2.09. The lowest BCUT2D eigenvalue weighted by atomic mass is 10.1. The minimum atomic E-state index is 0.0137. The number of halogens is 1. The number of ketones is 1. The molecule has 2 rings (SSSR count). The molecule has 19 heavy (non-hydrogen) atoms. The fraction of sp³-hybridized carbons (Fsp3) is 0.133. The van der Waals surface area contributed by atoms with E-state index in [1.54, 1.807) is 31.4 Å². The molecule has 2 aromatic carbocycles. The Balaban J connectivity index is 2.23. The summed E-state index contributed by atoms with van der Waals surface area (Å²) in [4.78, 5) is 11.3. The van der Waals surface area contributed by atoms with Crippen molar-refractivity contribution in [2.24, 2.45) is 0 Å². The van der Waals surface area contributed by atoms with Crippen molar-refractivity contribution in [1.82, 2.24) is 0 Å². The number of hydrogen-bond donors (Lipinski definition) is 0. The maximum absolute atomic E-state index is 11.3. The lowest BCUT2D eigenvalue weighted by molar-refractivity contribution is 0.101. The number of hydrogen-bond acceptors (Lipinski definition) is 3. The van der Waals surface area contributed by atoms with E-state index in [0.717, 1.165) is 10.2 Å². The van der Waals surface area contributed by atoms with Gasteiger partial charge in [0.05, 0.1) is 7.11 Å². The Morgan fingerprint density at radius 1 is 1.05 bits per heavy atom. The van der Waals surface area contributed by atoms with Gasteiger partial charge in [0.1, 0.15) is 17.2 Å². The molecule has 0 radical (unpaired) electrons. The fourth-order valence-corrected chi connectivity index (χ4v) is 2.28. The van der Waals surface area contributed by atoms with Gasteiger partial charge in [0, 0.05) is 16.1 Å². The van der Waals surface area contributed by atoms with Gasteiger partial charge in [-0.1, -0.05) is 6.07 Å². The van der Waals surface area contributed by atoms with Gasteiger partial charge in [-0.05, 0) is 53.2 Å². The van der Waals surface area contributed by atoms with Crippen molar-refractivity contribution < 1.29 is 14.3 Å². The van der Waals surface area contributed by atoms with E-state index in [1.807, 2.05) is 18.2 Å². The summed E-state index contributed by atoms with van der Waals surface area (Å²) in [5.41, 5.74) is 0.637. The van der Waals surface area contributed by atoms with Gasteiger partial charge >= 0.3 is 0 Å². The Hall–Kier alpha value is -1.81. The molecule has 0 heterocycles. The maximum atomic E-state index is 11.3. The number of rotatable bonds is 4. The molecular formula is C15H13BrO3. The van der Waals surface area contributed by atoms with Crippen LogP contribution < -0.4 is 9.47 Å². The number of methoxy groups -OCH3 is 1. The molecular weight excluding hydrogens is 308 g/mol. The quantitative estimate of drug-likeness (QED) is 0.780. The average molecular weight is 321 g/mol. The van der Waals surface area contributed by atoms with Gasteiger partial charge in [-0.15, -0.1) is 0 Å². The predicted molar refractivity (Wildman–Crippen MR) is 77.2 cm³/mol. The first-order chi connectivity index (χ1) is 9.10. The van der Waals surface area contributed by atoms with Crippen LogP contribution in [0.3, 0.4) is 0 Å². The largest absolute Gasteiger partial charge is 0.497 e. The lowest BCUT2D eigenvalue weighted by Gasteiger charge is -2.08. The van der Waals surface area contributed by atoms with Gasteiger partial charge < -0.3 is 9.47 Å². The highest BCUT2D eigenvalue weighted by Crippen LogP contribution is 2.29. The van der Waals surface area contributed by atoms with Gasteiger partial charge in [0.2, 0.25) is 0 Å². The Bertz CT molecular complexity index is 608. The van der Waals surface area contributed by atoms with Gasteiger partial charge in [0.15, 0.2) is 5.78 Å². The zero-order valence-corrected chi connectivity index (χ0v) is 12.2. The van der Waals surface area contributed by atoms with E-state index in [4.69, 9.17) is 9.47 Å². The molecule has 0 saturated heterocycles. The highest BCUT2D eigenvalue weighted by molar-refractivity contribution is 9.10. The second-order valence-electron chi connectivity index (χ2n) is 3.98. The predicted octanol–water partition coefficient (Wildman–Crippen LogP) is 4.45. The van der Waals surface area contributed by atoms with Crippen LogP contribution >= 0.6 is 15.9 Å². The van der Waals surface area contributed by atoms with Crippen LogP contribution in [0.15, 0.2) is 46.9 Å². The molecule has 0 aliphatic carbocycles. The van der Waals surface area contributed by atoms with Crippen molar-refractivity contribution >= 4 is 21.7 Å². The molecule has 0 amide bonds. The standard InChI is InChI=1S/C15H13BrO3/c1-10(17)14-7-6-13(9-15(14)16)19-12-5-3-4-11(8-12)18-2/h3-9H,1-2H3. The molecule has 0 spiro atoms. The van der Waals surface area contributed by atoms with E-state index in [9.17, 15) is 4.79 Å². The molecule has 0 unspecified atom stereocenters. The Labute approximate surface area is 120 Å². The molecule has 0 atom stereocenters. The number of carbonyl (C=O) groups excluding carboxylic acids is 1. The number of ether oxygens (including phenoxy) is 2. The van der Waals surface area contributed by atoms with Gasteiger partial charge in [0.25, 0.3) is 0 Å². The Kier molecular flexibility index (Phi) is 4.22. The van der Waals surface area contributed by atoms with Crippen molar-refractivity contribution in [2.45, 2.75) is 6.92 Å². The van der Waals surface area contributed by atoms with Crippen LogP contribution in [0.25, 0.3) is 0 Å². The van der Waals surface area contributed by atoms with Crippen molar-refractivity contribution in [1.29, 1.82) is 0 Å². The highest BCUT2D eigenvalue weighted by Gasteiger charge is 2.07. The van der Waals surface area contributed by atoms with Crippen molar-refractivity contribution in [3.63, 3.8) is 0 Å². The summed E-state index contributed by atoms with van der Waals surface area (Å²) in [6.45, 7) is 1.53. The molecule has 0 N–H and O–H groups in total. The third-order valence-corrected chi connectivity index (χ3v) is 3.25. The zero-order valence-electron chi connectivity index (χ0n) is 10.6. The topological polar surface area (TPSA) is 35.5 Å². The number of carbonyl (C=O) groups is 1. The van der Waals surface area contributed by atoms with E-state index in [0.29, 0.717) is 17.1 Å². The monoisotopic (exact) mass is 320 g/mol. The molecule has 4 heteroatoms. The van der Waals surface area contributed by atoms with E-state index >= 15 is 0 Å². The van der Waals surface area contributed by atoms with Crippen molar-refractivity contribution in [3.8, 4) is 17.2 Å². The van der Waals surface area contributed by atoms with Crippen LogP contribution in [-0.2, 0) is 0 Å². The van der Waals surface area contributed by atoms with Crippen molar-refractivity contribution in [3.05, 3.63) is 52.5 Å². The normalized spacial score (nSPS) is 10.1. The molecule has 0 fully saturated rings. The Morgan fingerprint density at radius 3 is 2.37 bits per heavy atom. The van der Waals surface area contributed by atoms with Crippen LogP contribution in [0, 0.1) is 0 Å². The molecule has 0 aromatic heterocycles. The second kappa shape index (κ2) is 5.89. The maximum Gasteiger partial charge on any atom is 0.160 e. The van der Waals surface area contributed by atoms with Crippen molar-refractivity contribution in [2.75, 3.05) is 7.11 Å². The van der Waals surface area contributed by atoms with Crippen LogP contribution in [0.2, 0.25) is 0 Å². The fourth-order valence-electron chi connectivity index (χ4n) is 1.65. The summed E-state index contributed by atoms with van der Waals surface area (Å²) in [6, 6.07) is 12.6. The lowest BCUT2D eigenvalue weighted by Crippen LogP contribution is -1.94. The molecule has 98 valence electrons. The summed E-state index contributed by atoms with van der Waals surface area (Å²) in [6.07, 6.45) is 0. The zero-order chi connectivity index (χ0) is 13.8. The minimum Gasteiger partial charge on any atom is -0.497 e. The van der Waals surface area contributed by atoms with Crippen LogP contribution in [0.1, 0.15) is 17.3 Å².